The summed E-state index contributed by atoms with van der Waals surface area (Å²) in [4.78, 5) is 11.8. The average molecular weight is 454 g/mol. The van der Waals surface area contributed by atoms with Gasteiger partial charge in [0.2, 0.25) is 0 Å². The molecular formula is C20H18ClF2N3O5. The van der Waals surface area contributed by atoms with Crippen molar-refractivity contribution in [2.24, 2.45) is 0 Å². The molecule has 0 amide bonds. The molecule has 0 radical (unpaired) electrons. The molecule has 31 heavy (non-hydrogen) atoms. The molecule has 2 aromatic heterocycles. The molecule has 0 aliphatic carbocycles. The molecule has 0 bridgehead atoms. The second-order valence-electron chi connectivity index (χ2n) is 7.45. The van der Waals surface area contributed by atoms with Crippen molar-refractivity contribution >= 4 is 22.8 Å². The van der Waals surface area contributed by atoms with Gasteiger partial charge in [0.25, 0.3) is 12.4 Å². The normalized spacial score (nSPS) is 26.5. The van der Waals surface area contributed by atoms with Gasteiger partial charge in [0.05, 0.1) is 29.4 Å². The number of fused-ring (bicyclic) bond motifs is 2. The minimum atomic E-state index is -2.87. The number of aliphatic hydroxyl groups is 2. The first-order valence-corrected chi connectivity index (χ1v) is 9.99. The highest BCUT2D eigenvalue weighted by molar-refractivity contribution is 6.33. The lowest BCUT2D eigenvalue weighted by Gasteiger charge is -2.15. The fraction of sp³-hybridized carbons (Fsp3) is 0.400. The second kappa shape index (κ2) is 7.95. The molecule has 2 aliphatic heterocycles. The molecule has 2 unspecified atom stereocenters. The predicted molar refractivity (Wildman–Crippen MR) is 105 cm³/mol. The van der Waals surface area contributed by atoms with Crippen LogP contribution >= 0.6 is 11.6 Å². The standard InChI is InChI=1S/C20H18ClF2N3O5/c21-10-5-11-19(25-14(10)8-1-3-9(4-2-8)15(28)18(22)23)26-20(24-11)31-13-7-30-16-12(27)6-29-17(13)16/h1-5,12-13,15-18,27-28H,6-7H2,(H,24,25,26)/t12?,13-,15?,16-,17-/m1/s1. The second-order valence-corrected chi connectivity index (χ2v) is 7.86. The lowest BCUT2D eigenvalue weighted by Crippen LogP contribution is -2.34. The van der Waals surface area contributed by atoms with E-state index in [0.717, 1.165) is 0 Å². The van der Waals surface area contributed by atoms with Gasteiger partial charge >= 0.3 is 0 Å². The number of hydrogen-bond donors (Lipinski definition) is 3. The van der Waals surface area contributed by atoms with E-state index < -0.39 is 30.8 Å². The molecule has 5 atom stereocenters. The van der Waals surface area contributed by atoms with Crippen LogP contribution in [0, 0.1) is 0 Å². The average Bonchev–Trinajstić information content (AvgIpc) is 3.44. The van der Waals surface area contributed by atoms with Crippen molar-refractivity contribution in [2.45, 2.75) is 36.9 Å². The third kappa shape index (κ3) is 3.74. The summed E-state index contributed by atoms with van der Waals surface area (Å²) < 4.78 is 42.3. The van der Waals surface area contributed by atoms with Crippen LogP contribution in [0.5, 0.6) is 6.01 Å². The molecule has 2 saturated heterocycles. The summed E-state index contributed by atoms with van der Waals surface area (Å²) in [6.45, 7) is 0.461. The smallest absolute Gasteiger partial charge is 0.296 e. The molecule has 2 aliphatic rings. The lowest BCUT2D eigenvalue weighted by molar-refractivity contribution is -0.00577. The van der Waals surface area contributed by atoms with Crippen molar-refractivity contribution in [3.8, 4) is 17.3 Å². The summed E-state index contributed by atoms with van der Waals surface area (Å²) in [6.07, 6.45) is -6.62. The zero-order valence-electron chi connectivity index (χ0n) is 15.9. The molecule has 164 valence electrons. The number of hydrogen-bond acceptors (Lipinski definition) is 7. The molecule has 8 nitrogen and oxygen atoms in total. The summed E-state index contributed by atoms with van der Waals surface area (Å²) in [7, 11) is 0. The minimum absolute atomic E-state index is 0.0998. The first kappa shape index (κ1) is 20.5. The maximum Gasteiger partial charge on any atom is 0.296 e. The van der Waals surface area contributed by atoms with E-state index in [2.05, 4.69) is 15.0 Å². The Kier molecular flexibility index (Phi) is 5.27. The number of aromatic amines is 1. The van der Waals surface area contributed by atoms with Crippen molar-refractivity contribution in [3.63, 3.8) is 0 Å². The highest BCUT2D eigenvalue weighted by atomic mass is 35.5. The zero-order valence-corrected chi connectivity index (χ0v) is 16.7. The van der Waals surface area contributed by atoms with Crippen molar-refractivity contribution < 1.29 is 33.2 Å². The fourth-order valence-electron chi connectivity index (χ4n) is 3.83. The number of ether oxygens (including phenoxy) is 3. The molecule has 11 heteroatoms. The van der Waals surface area contributed by atoms with Crippen LogP contribution in [-0.2, 0) is 9.47 Å². The number of aliphatic hydroxyl groups excluding tert-OH is 2. The van der Waals surface area contributed by atoms with Crippen molar-refractivity contribution in [2.75, 3.05) is 13.2 Å². The van der Waals surface area contributed by atoms with E-state index in [1.807, 2.05) is 0 Å². The van der Waals surface area contributed by atoms with Crippen molar-refractivity contribution in [3.05, 3.63) is 40.9 Å². The highest BCUT2D eigenvalue weighted by Crippen LogP contribution is 2.33. The SMILES string of the molecule is OC(c1ccc(-c2nc3nc(O[C@@H]4CO[C@@H]5C(O)CO[C@@H]54)[nH]c3cc2Cl)cc1)C(F)F. The summed E-state index contributed by atoms with van der Waals surface area (Å²) in [6, 6.07) is 7.78. The van der Waals surface area contributed by atoms with E-state index in [1.165, 1.54) is 12.1 Å². The van der Waals surface area contributed by atoms with Crippen molar-refractivity contribution in [1.82, 2.24) is 15.0 Å². The predicted octanol–water partition coefficient (Wildman–Crippen LogP) is 2.48. The van der Waals surface area contributed by atoms with Crippen LogP contribution in [0.15, 0.2) is 30.3 Å². The first-order valence-electron chi connectivity index (χ1n) is 9.61. The van der Waals surface area contributed by atoms with Gasteiger partial charge in [0.1, 0.15) is 24.4 Å². The Morgan fingerprint density at radius 2 is 1.87 bits per heavy atom. The molecule has 0 saturated carbocycles. The summed E-state index contributed by atoms with van der Waals surface area (Å²) in [5, 5.41) is 19.7. The maximum absolute atomic E-state index is 12.7. The molecule has 2 fully saturated rings. The number of H-pyrrole nitrogens is 1. The molecule has 1 aromatic carbocycles. The topological polar surface area (TPSA) is 110 Å². The van der Waals surface area contributed by atoms with Gasteiger partial charge in [-0.15, -0.1) is 0 Å². The monoisotopic (exact) mass is 453 g/mol. The van der Waals surface area contributed by atoms with Crippen LogP contribution in [0.1, 0.15) is 11.7 Å². The maximum atomic E-state index is 12.7. The Hall–Kier alpha value is -2.37. The number of nitrogens with one attached hydrogen (secondary N) is 1. The third-order valence-electron chi connectivity index (χ3n) is 5.41. The molecule has 4 heterocycles. The number of pyridine rings is 1. The van der Waals surface area contributed by atoms with Gasteiger partial charge < -0.3 is 29.4 Å². The van der Waals surface area contributed by atoms with E-state index >= 15 is 0 Å². The summed E-state index contributed by atoms with van der Waals surface area (Å²) in [5.74, 6) is 0. The number of alkyl halides is 2. The number of aromatic nitrogens is 3. The van der Waals surface area contributed by atoms with Crippen LogP contribution in [0.4, 0.5) is 8.78 Å². The molecule has 3 N–H and O–H groups in total. The molecule has 5 rings (SSSR count). The summed E-state index contributed by atoms with van der Waals surface area (Å²) in [5.41, 5.74) is 2.01. The van der Waals surface area contributed by atoms with Gasteiger partial charge in [-0.25, -0.2) is 13.8 Å². The van der Waals surface area contributed by atoms with Gasteiger partial charge in [-0.3, -0.25) is 0 Å². The number of nitrogens with zero attached hydrogens (tertiary/aromatic N) is 2. The quantitative estimate of drug-likeness (QED) is 0.544. The Morgan fingerprint density at radius 3 is 2.61 bits per heavy atom. The van der Waals surface area contributed by atoms with Crippen LogP contribution in [0.25, 0.3) is 22.4 Å². The number of rotatable bonds is 5. The van der Waals surface area contributed by atoms with Crippen LogP contribution in [0.3, 0.4) is 0 Å². The van der Waals surface area contributed by atoms with Crippen LogP contribution < -0.4 is 4.74 Å². The van der Waals surface area contributed by atoms with Gasteiger partial charge in [-0.1, -0.05) is 35.9 Å². The molecule has 3 aromatic rings. The third-order valence-corrected chi connectivity index (χ3v) is 5.70. The Morgan fingerprint density at radius 1 is 1.13 bits per heavy atom. The Labute approximate surface area is 179 Å². The first-order chi connectivity index (χ1) is 14.9. The van der Waals surface area contributed by atoms with Gasteiger partial charge in [0, 0.05) is 5.56 Å². The highest BCUT2D eigenvalue weighted by Gasteiger charge is 2.48. The molecule has 0 spiro atoms. The largest absolute Gasteiger partial charge is 0.456 e. The zero-order chi connectivity index (χ0) is 21.7. The lowest BCUT2D eigenvalue weighted by atomic mass is 10.0. The van der Waals surface area contributed by atoms with E-state index in [4.69, 9.17) is 25.8 Å². The van der Waals surface area contributed by atoms with E-state index in [9.17, 15) is 19.0 Å². The number of benzene rings is 1. The Balaban J connectivity index is 1.38. The van der Waals surface area contributed by atoms with Gasteiger partial charge in [0.15, 0.2) is 11.8 Å². The van der Waals surface area contributed by atoms with E-state index in [0.29, 0.717) is 27.4 Å². The fourth-order valence-corrected chi connectivity index (χ4v) is 4.09. The van der Waals surface area contributed by atoms with Gasteiger partial charge in [-0.2, -0.15) is 4.98 Å². The minimum Gasteiger partial charge on any atom is -0.456 e. The molecular weight excluding hydrogens is 436 g/mol. The van der Waals surface area contributed by atoms with Crippen LogP contribution in [-0.4, -0.2) is 69.2 Å². The van der Waals surface area contributed by atoms with Gasteiger partial charge in [-0.05, 0) is 11.6 Å². The van der Waals surface area contributed by atoms with Crippen LogP contribution in [0.2, 0.25) is 5.02 Å². The summed E-state index contributed by atoms with van der Waals surface area (Å²) >= 11 is 6.37. The number of imidazole rings is 1. The van der Waals surface area contributed by atoms with E-state index in [-0.39, 0.29) is 30.9 Å². The number of halogens is 3. The van der Waals surface area contributed by atoms with E-state index in [1.54, 1.807) is 18.2 Å². The van der Waals surface area contributed by atoms with Crippen molar-refractivity contribution in [1.29, 1.82) is 0 Å². The Bertz CT molecular complexity index is 1100.